The van der Waals surface area contributed by atoms with Gasteiger partial charge in [-0.25, -0.2) is 9.78 Å². The van der Waals surface area contributed by atoms with E-state index in [1.165, 1.54) is 11.3 Å². The van der Waals surface area contributed by atoms with Gasteiger partial charge in [-0.2, -0.15) is 0 Å². The molecule has 23 heavy (non-hydrogen) atoms. The average Bonchev–Trinajstić information content (AvgIpc) is 2.94. The van der Waals surface area contributed by atoms with Crippen LogP contribution in [0.4, 0.5) is 10.5 Å². The smallest absolute Gasteiger partial charge is 0.412 e. The van der Waals surface area contributed by atoms with Crippen molar-refractivity contribution in [2.45, 2.75) is 51.7 Å². The van der Waals surface area contributed by atoms with Crippen LogP contribution < -0.4 is 5.32 Å². The van der Waals surface area contributed by atoms with E-state index in [0.717, 1.165) is 25.1 Å². The van der Waals surface area contributed by atoms with Crippen molar-refractivity contribution in [3.8, 4) is 0 Å². The summed E-state index contributed by atoms with van der Waals surface area (Å²) in [5, 5.41) is 2.76. The van der Waals surface area contributed by atoms with Crippen molar-refractivity contribution in [2.24, 2.45) is 0 Å². The van der Waals surface area contributed by atoms with Gasteiger partial charge in [0.1, 0.15) is 5.60 Å². The molecule has 0 radical (unpaired) electrons. The van der Waals surface area contributed by atoms with Gasteiger partial charge in [-0.05, 0) is 51.3 Å². The highest BCUT2D eigenvalue weighted by molar-refractivity contribution is 5.84. The second kappa shape index (κ2) is 6.07. The molecule has 1 atom stereocenters. The fourth-order valence-corrected chi connectivity index (χ4v) is 2.98. The summed E-state index contributed by atoms with van der Waals surface area (Å²) in [6, 6.07) is 7.99. The average molecular weight is 313 g/mol. The quantitative estimate of drug-likeness (QED) is 0.906. The Balaban J connectivity index is 1.70. The standard InChI is InChI=1S/C18H23N3O2/c1-18(2,3)23-17(22)20-14-8-6-13(7-9-14)15-5-4-10-21-12-19-11-16(15)21/h6-9,11-12,15H,4-5,10H2,1-3H3,(H,20,22). The fraction of sp³-hybridized carbons (Fsp3) is 0.444. The number of carbonyl (C=O) groups excluding carboxylic acids is 1. The number of fused-ring (bicyclic) bond motifs is 1. The van der Waals surface area contributed by atoms with E-state index in [1.54, 1.807) is 0 Å². The molecule has 1 unspecified atom stereocenters. The third kappa shape index (κ3) is 3.73. The molecule has 1 amide bonds. The monoisotopic (exact) mass is 313 g/mol. The minimum Gasteiger partial charge on any atom is -0.444 e. The third-order valence-electron chi connectivity index (χ3n) is 3.95. The minimum atomic E-state index is -0.496. The van der Waals surface area contributed by atoms with Crippen LogP contribution in [-0.4, -0.2) is 21.2 Å². The highest BCUT2D eigenvalue weighted by Crippen LogP contribution is 2.33. The lowest BCUT2D eigenvalue weighted by atomic mass is 9.89. The Bertz CT molecular complexity index is 683. The maximum absolute atomic E-state index is 11.8. The predicted octanol–water partition coefficient (Wildman–Crippen LogP) is 4.16. The number of nitrogens with zero attached hydrogens (tertiary/aromatic N) is 2. The van der Waals surface area contributed by atoms with Crippen LogP contribution >= 0.6 is 0 Å². The lowest BCUT2D eigenvalue weighted by molar-refractivity contribution is 0.0636. The molecule has 122 valence electrons. The second-order valence-electron chi connectivity index (χ2n) is 6.96. The molecule has 0 aliphatic carbocycles. The molecule has 3 rings (SSSR count). The van der Waals surface area contributed by atoms with E-state index in [1.807, 2.05) is 45.4 Å². The van der Waals surface area contributed by atoms with Crippen molar-refractivity contribution in [1.82, 2.24) is 9.55 Å². The zero-order chi connectivity index (χ0) is 16.4. The number of aryl methyl sites for hydroxylation is 1. The van der Waals surface area contributed by atoms with E-state index in [-0.39, 0.29) is 0 Å². The number of carbonyl (C=O) groups is 1. The number of hydrogen-bond donors (Lipinski definition) is 1. The van der Waals surface area contributed by atoms with Gasteiger partial charge in [-0.15, -0.1) is 0 Å². The molecule has 2 aromatic rings. The summed E-state index contributed by atoms with van der Waals surface area (Å²) in [5.74, 6) is 0.377. The maximum Gasteiger partial charge on any atom is 0.412 e. The molecular formula is C18H23N3O2. The topological polar surface area (TPSA) is 56.1 Å². The number of rotatable bonds is 2. The Labute approximate surface area is 136 Å². The van der Waals surface area contributed by atoms with Gasteiger partial charge in [0.05, 0.1) is 6.33 Å². The van der Waals surface area contributed by atoms with Gasteiger partial charge < -0.3 is 9.30 Å². The highest BCUT2D eigenvalue weighted by Gasteiger charge is 2.22. The number of hydrogen-bond acceptors (Lipinski definition) is 3. The van der Waals surface area contributed by atoms with E-state index in [9.17, 15) is 4.79 Å². The van der Waals surface area contributed by atoms with Crippen molar-refractivity contribution in [1.29, 1.82) is 0 Å². The van der Waals surface area contributed by atoms with Crippen LogP contribution in [0.1, 0.15) is 50.8 Å². The van der Waals surface area contributed by atoms with Gasteiger partial charge >= 0.3 is 6.09 Å². The van der Waals surface area contributed by atoms with Gasteiger partial charge in [0, 0.05) is 30.0 Å². The maximum atomic E-state index is 11.8. The Morgan fingerprint density at radius 1 is 1.30 bits per heavy atom. The molecule has 1 aromatic carbocycles. The van der Waals surface area contributed by atoms with Gasteiger partial charge in [0.25, 0.3) is 0 Å². The lowest BCUT2D eigenvalue weighted by Gasteiger charge is -2.24. The summed E-state index contributed by atoms with van der Waals surface area (Å²) in [5.41, 5.74) is 2.77. The van der Waals surface area contributed by atoms with Crippen LogP contribution in [0.5, 0.6) is 0 Å². The summed E-state index contributed by atoms with van der Waals surface area (Å²) in [6.07, 6.45) is 5.72. The van der Waals surface area contributed by atoms with Crippen LogP contribution in [0.2, 0.25) is 0 Å². The van der Waals surface area contributed by atoms with E-state index in [0.29, 0.717) is 5.92 Å². The summed E-state index contributed by atoms with van der Waals surface area (Å²) in [7, 11) is 0. The lowest BCUT2D eigenvalue weighted by Crippen LogP contribution is -2.27. The van der Waals surface area contributed by atoms with E-state index < -0.39 is 11.7 Å². The molecule has 0 saturated heterocycles. The Hall–Kier alpha value is -2.30. The SMILES string of the molecule is CC(C)(C)OC(=O)Nc1ccc(C2CCCn3cncc32)cc1. The number of imidazole rings is 1. The van der Waals surface area contributed by atoms with Crippen molar-refractivity contribution in [3.05, 3.63) is 48.0 Å². The second-order valence-corrected chi connectivity index (χ2v) is 6.96. The molecule has 0 spiro atoms. The number of ether oxygens (including phenoxy) is 1. The summed E-state index contributed by atoms with van der Waals surface area (Å²) < 4.78 is 7.49. The Morgan fingerprint density at radius 3 is 2.74 bits per heavy atom. The fourth-order valence-electron chi connectivity index (χ4n) is 2.98. The van der Waals surface area contributed by atoms with Crippen LogP contribution in [0, 0.1) is 0 Å². The molecule has 1 N–H and O–H groups in total. The van der Waals surface area contributed by atoms with Crippen molar-refractivity contribution in [2.75, 3.05) is 5.32 Å². The van der Waals surface area contributed by atoms with E-state index in [4.69, 9.17) is 4.74 Å². The summed E-state index contributed by atoms with van der Waals surface area (Å²) in [6.45, 7) is 6.59. The molecule has 0 saturated carbocycles. The molecule has 1 aromatic heterocycles. The minimum absolute atomic E-state index is 0.377. The van der Waals surface area contributed by atoms with Crippen molar-refractivity contribution in [3.63, 3.8) is 0 Å². The van der Waals surface area contributed by atoms with Crippen molar-refractivity contribution < 1.29 is 9.53 Å². The Kier molecular flexibility index (Phi) is 4.11. The Morgan fingerprint density at radius 2 is 2.04 bits per heavy atom. The van der Waals surface area contributed by atoms with E-state index in [2.05, 4.69) is 27.0 Å². The first kappa shape index (κ1) is 15.6. The predicted molar refractivity (Wildman–Crippen MR) is 89.6 cm³/mol. The zero-order valence-corrected chi connectivity index (χ0v) is 13.9. The van der Waals surface area contributed by atoms with Gasteiger partial charge in [0.2, 0.25) is 0 Å². The van der Waals surface area contributed by atoms with Crippen LogP contribution in [-0.2, 0) is 11.3 Å². The number of anilines is 1. The van der Waals surface area contributed by atoms with Gasteiger partial charge in [-0.3, -0.25) is 5.32 Å². The molecule has 5 heteroatoms. The molecular weight excluding hydrogens is 290 g/mol. The van der Waals surface area contributed by atoms with E-state index >= 15 is 0 Å². The number of amides is 1. The first-order valence-electron chi connectivity index (χ1n) is 8.02. The number of nitrogens with one attached hydrogen (secondary N) is 1. The van der Waals surface area contributed by atoms with Crippen LogP contribution in [0.15, 0.2) is 36.8 Å². The number of benzene rings is 1. The third-order valence-corrected chi connectivity index (χ3v) is 3.95. The highest BCUT2D eigenvalue weighted by atomic mass is 16.6. The van der Waals surface area contributed by atoms with Gasteiger partial charge in [-0.1, -0.05) is 12.1 Å². The normalized spacial score (nSPS) is 17.4. The molecule has 0 fully saturated rings. The largest absolute Gasteiger partial charge is 0.444 e. The van der Waals surface area contributed by atoms with Gasteiger partial charge in [0.15, 0.2) is 0 Å². The zero-order valence-electron chi connectivity index (χ0n) is 13.9. The van der Waals surface area contributed by atoms with Crippen LogP contribution in [0.25, 0.3) is 0 Å². The summed E-state index contributed by atoms with van der Waals surface area (Å²) >= 11 is 0. The molecule has 2 heterocycles. The van der Waals surface area contributed by atoms with Crippen LogP contribution in [0.3, 0.4) is 0 Å². The molecule has 1 aliphatic rings. The number of aromatic nitrogens is 2. The summed E-state index contributed by atoms with van der Waals surface area (Å²) in [4.78, 5) is 16.1. The molecule has 5 nitrogen and oxygen atoms in total. The molecule has 1 aliphatic heterocycles. The van der Waals surface area contributed by atoms with Crippen molar-refractivity contribution >= 4 is 11.8 Å². The first-order chi connectivity index (χ1) is 10.9. The molecule has 0 bridgehead atoms. The first-order valence-corrected chi connectivity index (χ1v) is 8.02.